The van der Waals surface area contributed by atoms with Crippen LogP contribution in [-0.4, -0.2) is 19.5 Å². The smallest absolute Gasteiger partial charge is 0.176 e. The average Bonchev–Trinajstić information content (AvgIpc) is 2.28. The molecule has 0 heterocycles. The third-order valence-corrected chi connectivity index (χ3v) is 2.34. The zero-order valence-corrected chi connectivity index (χ0v) is 10.3. The standard InChI is InChI=1S/C11H10BrNO3/c1-2-15-10-6-8(7-14)5-9(12)11(10)16-4-3-13/h5-7H,2,4H2,1H3. The minimum Gasteiger partial charge on any atom is -0.490 e. The molecular weight excluding hydrogens is 274 g/mol. The Morgan fingerprint density at radius 2 is 2.25 bits per heavy atom. The van der Waals surface area contributed by atoms with E-state index in [4.69, 9.17) is 14.7 Å². The first-order valence-electron chi connectivity index (χ1n) is 4.64. The van der Waals surface area contributed by atoms with Crippen molar-refractivity contribution in [2.75, 3.05) is 13.2 Å². The number of rotatable bonds is 5. The molecule has 0 aliphatic rings. The van der Waals surface area contributed by atoms with Crippen molar-refractivity contribution in [1.82, 2.24) is 0 Å². The number of carbonyl (C=O) groups excluding carboxylic acids is 1. The van der Waals surface area contributed by atoms with E-state index in [2.05, 4.69) is 15.9 Å². The molecule has 0 saturated heterocycles. The molecule has 0 N–H and O–H groups in total. The molecule has 0 bridgehead atoms. The van der Waals surface area contributed by atoms with Crippen LogP contribution in [0.3, 0.4) is 0 Å². The van der Waals surface area contributed by atoms with Crippen LogP contribution in [0.1, 0.15) is 17.3 Å². The summed E-state index contributed by atoms with van der Waals surface area (Å²) in [5, 5.41) is 8.45. The van der Waals surface area contributed by atoms with Crippen LogP contribution in [0.5, 0.6) is 11.5 Å². The van der Waals surface area contributed by atoms with Crippen molar-refractivity contribution in [1.29, 1.82) is 5.26 Å². The number of carbonyl (C=O) groups is 1. The summed E-state index contributed by atoms with van der Waals surface area (Å²) in [7, 11) is 0. The Labute approximate surface area is 102 Å². The Balaban J connectivity index is 3.12. The second kappa shape index (κ2) is 6.13. The first-order valence-corrected chi connectivity index (χ1v) is 5.43. The van der Waals surface area contributed by atoms with Crippen LogP contribution in [-0.2, 0) is 0 Å². The summed E-state index contributed by atoms with van der Waals surface area (Å²) in [5.74, 6) is 0.892. The summed E-state index contributed by atoms with van der Waals surface area (Å²) < 4.78 is 11.1. The summed E-state index contributed by atoms with van der Waals surface area (Å²) in [5.41, 5.74) is 0.486. The Morgan fingerprint density at radius 1 is 1.50 bits per heavy atom. The van der Waals surface area contributed by atoms with Crippen LogP contribution in [0.25, 0.3) is 0 Å². The molecule has 1 aromatic carbocycles. The molecule has 0 aliphatic carbocycles. The highest BCUT2D eigenvalue weighted by Crippen LogP contribution is 2.36. The summed E-state index contributed by atoms with van der Waals surface area (Å²) in [6, 6.07) is 5.06. The molecule has 0 radical (unpaired) electrons. The fraction of sp³-hybridized carbons (Fsp3) is 0.273. The van der Waals surface area contributed by atoms with Gasteiger partial charge in [-0.25, -0.2) is 0 Å². The van der Waals surface area contributed by atoms with E-state index in [-0.39, 0.29) is 6.61 Å². The van der Waals surface area contributed by atoms with Crippen molar-refractivity contribution < 1.29 is 14.3 Å². The second-order valence-electron chi connectivity index (χ2n) is 2.83. The van der Waals surface area contributed by atoms with E-state index in [1.807, 2.05) is 13.0 Å². The van der Waals surface area contributed by atoms with E-state index in [1.165, 1.54) is 0 Å². The molecule has 5 heteroatoms. The van der Waals surface area contributed by atoms with E-state index in [9.17, 15) is 4.79 Å². The average molecular weight is 284 g/mol. The van der Waals surface area contributed by atoms with Crippen LogP contribution < -0.4 is 9.47 Å². The summed E-state index contributed by atoms with van der Waals surface area (Å²) in [6.45, 7) is 2.21. The third-order valence-electron chi connectivity index (χ3n) is 1.75. The molecule has 0 saturated carbocycles. The lowest BCUT2D eigenvalue weighted by Crippen LogP contribution is -2.01. The molecule has 0 aliphatic heterocycles. The molecular formula is C11H10BrNO3. The van der Waals surface area contributed by atoms with Crippen molar-refractivity contribution in [3.63, 3.8) is 0 Å². The van der Waals surface area contributed by atoms with Crippen LogP contribution >= 0.6 is 15.9 Å². The van der Waals surface area contributed by atoms with Crippen molar-refractivity contribution in [3.8, 4) is 17.6 Å². The monoisotopic (exact) mass is 283 g/mol. The fourth-order valence-electron chi connectivity index (χ4n) is 1.16. The van der Waals surface area contributed by atoms with Gasteiger partial charge in [-0.05, 0) is 35.0 Å². The van der Waals surface area contributed by atoms with E-state index in [0.29, 0.717) is 28.1 Å². The topological polar surface area (TPSA) is 59.3 Å². The first-order chi connectivity index (χ1) is 7.72. The van der Waals surface area contributed by atoms with E-state index < -0.39 is 0 Å². The fourth-order valence-corrected chi connectivity index (χ4v) is 1.74. The zero-order chi connectivity index (χ0) is 12.0. The molecule has 1 rings (SSSR count). The van der Waals surface area contributed by atoms with Crippen molar-refractivity contribution in [2.45, 2.75) is 6.92 Å². The molecule has 84 valence electrons. The first kappa shape index (κ1) is 12.5. The van der Waals surface area contributed by atoms with Gasteiger partial charge >= 0.3 is 0 Å². The lowest BCUT2D eigenvalue weighted by Gasteiger charge is -2.12. The highest BCUT2D eigenvalue weighted by atomic mass is 79.9. The molecule has 1 aromatic rings. The summed E-state index contributed by atoms with van der Waals surface area (Å²) >= 11 is 3.27. The molecule has 4 nitrogen and oxygen atoms in total. The number of ether oxygens (including phenoxy) is 2. The number of nitriles is 1. The van der Waals surface area contributed by atoms with Crippen LogP contribution in [0.2, 0.25) is 0 Å². The SMILES string of the molecule is CCOc1cc(C=O)cc(Br)c1OCC#N. The molecule has 0 unspecified atom stereocenters. The lowest BCUT2D eigenvalue weighted by molar-refractivity contribution is 0.112. The number of benzene rings is 1. The third kappa shape index (κ3) is 2.97. The minimum absolute atomic E-state index is 0.0703. The van der Waals surface area contributed by atoms with E-state index in [0.717, 1.165) is 6.29 Å². The second-order valence-corrected chi connectivity index (χ2v) is 3.68. The Hall–Kier alpha value is -1.54. The Morgan fingerprint density at radius 3 is 2.81 bits per heavy atom. The Bertz CT molecular complexity index is 426. The number of nitrogens with zero attached hydrogens (tertiary/aromatic N) is 1. The van der Waals surface area contributed by atoms with Gasteiger partial charge in [-0.15, -0.1) is 0 Å². The van der Waals surface area contributed by atoms with E-state index in [1.54, 1.807) is 12.1 Å². The number of hydrogen-bond acceptors (Lipinski definition) is 4. The normalized spacial score (nSPS) is 9.31. The van der Waals surface area contributed by atoms with Crippen molar-refractivity contribution >= 4 is 22.2 Å². The molecule has 0 fully saturated rings. The van der Waals surface area contributed by atoms with Crippen LogP contribution in [0, 0.1) is 11.3 Å². The van der Waals surface area contributed by atoms with Crippen molar-refractivity contribution in [3.05, 3.63) is 22.2 Å². The van der Waals surface area contributed by atoms with E-state index >= 15 is 0 Å². The number of aldehydes is 1. The number of halogens is 1. The van der Waals surface area contributed by atoms with Gasteiger partial charge in [0.1, 0.15) is 12.4 Å². The highest BCUT2D eigenvalue weighted by molar-refractivity contribution is 9.10. The van der Waals surface area contributed by atoms with Gasteiger partial charge in [-0.2, -0.15) is 5.26 Å². The number of hydrogen-bond donors (Lipinski definition) is 0. The van der Waals surface area contributed by atoms with Crippen LogP contribution in [0.15, 0.2) is 16.6 Å². The maximum atomic E-state index is 10.7. The van der Waals surface area contributed by atoms with Gasteiger partial charge in [0.2, 0.25) is 0 Å². The molecule has 0 amide bonds. The summed E-state index contributed by atoms with van der Waals surface area (Å²) in [4.78, 5) is 10.7. The van der Waals surface area contributed by atoms with Gasteiger partial charge in [0.25, 0.3) is 0 Å². The maximum Gasteiger partial charge on any atom is 0.176 e. The summed E-state index contributed by atoms with van der Waals surface area (Å²) in [6.07, 6.45) is 0.724. The van der Waals surface area contributed by atoms with Gasteiger partial charge in [0.05, 0.1) is 11.1 Å². The zero-order valence-electron chi connectivity index (χ0n) is 8.70. The van der Waals surface area contributed by atoms with Gasteiger partial charge in [-0.1, -0.05) is 0 Å². The largest absolute Gasteiger partial charge is 0.490 e. The van der Waals surface area contributed by atoms with Gasteiger partial charge in [0, 0.05) is 5.56 Å². The van der Waals surface area contributed by atoms with Gasteiger partial charge < -0.3 is 9.47 Å². The highest BCUT2D eigenvalue weighted by Gasteiger charge is 2.11. The predicted molar refractivity (Wildman–Crippen MR) is 61.8 cm³/mol. The lowest BCUT2D eigenvalue weighted by atomic mass is 10.2. The Kier molecular flexibility index (Phi) is 4.80. The predicted octanol–water partition coefficient (Wildman–Crippen LogP) is 2.56. The molecule has 16 heavy (non-hydrogen) atoms. The molecule has 0 spiro atoms. The molecule has 0 aromatic heterocycles. The molecule has 0 atom stereocenters. The quantitative estimate of drug-likeness (QED) is 0.780. The minimum atomic E-state index is -0.0703. The maximum absolute atomic E-state index is 10.7. The van der Waals surface area contributed by atoms with Gasteiger partial charge in [0.15, 0.2) is 18.1 Å². The van der Waals surface area contributed by atoms with Crippen molar-refractivity contribution in [2.24, 2.45) is 0 Å². The van der Waals surface area contributed by atoms with Crippen LogP contribution in [0.4, 0.5) is 0 Å². The van der Waals surface area contributed by atoms with Gasteiger partial charge in [-0.3, -0.25) is 4.79 Å².